The second-order valence-electron chi connectivity index (χ2n) is 4.28. The number of hydrogen-bond acceptors (Lipinski definition) is 2. The minimum atomic E-state index is 0.385. The molecule has 0 N–H and O–H groups in total. The maximum atomic E-state index is 6.12. The highest BCUT2D eigenvalue weighted by Crippen LogP contribution is 2.44. The normalized spacial score (nSPS) is 27.2. The maximum absolute atomic E-state index is 6.12. The molecule has 0 saturated carbocycles. The van der Waals surface area contributed by atoms with E-state index in [0.29, 0.717) is 16.8 Å². The van der Waals surface area contributed by atoms with Crippen LogP contribution < -0.4 is 0 Å². The molecular formula is C12H16BrClOS. The van der Waals surface area contributed by atoms with E-state index in [1.54, 1.807) is 11.3 Å². The molecule has 3 atom stereocenters. The molecule has 0 radical (unpaired) electrons. The van der Waals surface area contributed by atoms with Crippen LogP contribution in [-0.4, -0.2) is 12.7 Å². The van der Waals surface area contributed by atoms with Gasteiger partial charge in [-0.15, -0.1) is 11.3 Å². The van der Waals surface area contributed by atoms with Gasteiger partial charge >= 0.3 is 0 Å². The lowest BCUT2D eigenvalue weighted by molar-refractivity contribution is 0.0874. The Balaban J connectivity index is 2.14. The average Bonchev–Trinajstić information content (AvgIpc) is 2.85. The van der Waals surface area contributed by atoms with Crippen molar-refractivity contribution in [1.82, 2.24) is 0 Å². The number of hydrogen-bond donors (Lipinski definition) is 0. The van der Waals surface area contributed by atoms with Gasteiger partial charge in [-0.05, 0) is 31.4 Å². The minimum absolute atomic E-state index is 0.385. The summed E-state index contributed by atoms with van der Waals surface area (Å²) < 4.78 is 6.64. The number of rotatable bonds is 3. The van der Waals surface area contributed by atoms with E-state index in [9.17, 15) is 0 Å². The average molecular weight is 324 g/mol. The minimum Gasteiger partial charge on any atom is -0.378 e. The van der Waals surface area contributed by atoms with Gasteiger partial charge in [0.2, 0.25) is 0 Å². The van der Waals surface area contributed by atoms with Crippen LogP contribution in [0, 0.1) is 12.8 Å². The third kappa shape index (κ3) is 2.47. The van der Waals surface area contributed by atoms with Crippen LogP contribution in [0.3, 0.4) is 0 Å². The van der Waals surface area contributed by atoms with Gasteiger partial charge in [0.15, 0.2) is 0 Å². The van der Waals surface area contributed by atoms with Gasteiger partial charge in [-0.25, -0.2) is 0 Å². The van der Waals surface area contributed by atoms with Crippen LogP contribution >= 0.6 is 38.9 Å². The zero-order valence-electron chi connectivity index (χ0n) is 9.50. The SMILES string of the molecule is CCC1OCCC1C(Br)c1cc(C)c(Cl)s1. The van der Waals surface area contributed by atoms with Crippen molar-refractivity contribution >= 4 is 38.9 Å². The van der Waals surface area contributed by atoms with E-state index in [4.69, 9.17) is 16.3 Å². The number of alkyl halides is 1. The predicted molar refractivity (Wildman–Crippen MR) is 73.9 cm³/mol. The summed E-state index contributed by atoms with van der Waals surface area (Å²) in [5.74, 6) is 0.583. The van der Waals surface area contributed by atoms with E-state index in [2.05, 4.69) is 35.8 Å². The zero-order chi connectivity index (χ0) is 11.7. The summed E-state index contributed by atoms with van der Waals surface area (Å²) in [4.78, 5) is 1.72. The molecule has 0 bridgehead atoms. The number of thiophene rings is 1. The van der Waals surface area contributed by atoms with E-state index in [0.717, 1.165) is 23.8 Å². The lowest BCUT2D eigenvalue weighted by atomic mass is 9.95. The molecule has 1 nitrogen and oxygen atoms in total. The van der Waals surface area contributed by atoms with Crippen LogP contribution in [-0.2, 0) is 4.74 Å². The molecule has 90 valence electrons. The summed E-state index contributed by atoms with van der Waals surface area (Å²) in [5, 5.41) is 0. The Morgan fingerprint density at radius 2 is 2.44 bits per heavy atom. The molecule has 2 heterocycles. The summed E-state index contributed by atoms with van der Waals surface area (Å²) >= 11 is 11.6. The van der Waals surface area contributed by atoms with Crippen molar-refractivity contribution in [1.29, 1.82) is 0 Å². The first-order chi connectivity index (χ1) is 7.63. The van der Waals surface area contributed by atoms with Gasteiger partial charge in [0.1, 0.15) is 0 Å². The monoisotopic (exact) mass is 322 g/mol. The Morgan fingerprint density at radius 1 is 1.69 bits per heavy atom. The zero-order valence-corrected chi connectivity index (χ0v) is 12.7. The van der Waals surface area contributed by atoms with Crippen LogP contribution in [0.4, 0.5) is 0 Å². The van der Waals surface area contributed by atoms with Crippen LogP contribution in [0.25, 0.3) is 0 Å². The Bertz CT molecular complexity index is 346. The fourth-order valence-corrected chi connectivity index (χ4v) is 4.54. The summed E-state index contributed by atoms with van der Waals surface area (Å²) in [6.45, 7) is 5.14. The lowest BCUT2D eigenvalue weighted by Crippen LogP contribution is -2.18. The van der Waals surface area contributed by atoms with Crippen LogP contribution in [0.1, 0.15) is 35.0 Å². The van der Waals surface area contributed by atoms with Crippen molar-refractivity contribution in [3.05, 3.63) is 20.8 Å². The Morgan fingerprint density at radius 3 is 3.00 bits per heavy atom. The largest absolute Gasteiger partial charge is 0.378 e. The molecule has 1 aliphatic rings. The quantitative estimate of drug-likeness (QED) is 0.714. The summed E-state index contributed by atoms with van der Waals surface area (Å²) in [6.07, 6.45) is 2.62. The standard InChI is InChI=1S/C12H16BrClOS/c1-3-9-8(4-5-15-9)11(13)10-6-7(2)12(14)16-10/h6,8-9,11H,3-5H2,1-2H3. The van der Waals surface area contributed by atoms with Gasteiger partial charge in [0.25, 0.3) is 0 Å². The predicted octanol–water partition coefficient (Wildman–Crippen LogP) is 4.96. The Labute approximate surface area is 114 Å². The van der Waals surface area contributed by atoms with Gasteiger partial charge < -0.3 is 4.74 Å². The highest BCUT2D eigenvalue weighted by atomic mass is 79.9. The fourth-order valence-electron chi connectivity index (χ4n) is 2.25. The summed E-state index contributed by atoms with van der Waals surface area (Å²) in [6, 6.07) is 2.19. The van der Waals surface area contributed by atoms with Gasteiger partial charge in [0.05, 0.1) is 15.3 Å². The number of halogens is 2. The van der Waals surface area contributed by atoms with Crippen molar-refractivity contribution in [2.24, 2.45) is 5.92 Å². The molecule has 0 aliphatic carbocycles. The Hall–Kier alpha value is 0.430. The molecule has 2 rings (SSSR count). The van der Waals surface area contributed by atoms with Gasteiger partial charge in [0, 0.05) is 17.4 Å². The van der Waals surface area contributed by atoms with Crippen molar-refractivity contribution in [2.45, 2.75) is 37.6 Å². The van der Waals surface area contributed by atoms with E-state index in [-0.39, 0.29) is 0 Å². The third-order valence-electron chi connectivity index (χ3n) is 3.19. The van der Waals surface area contributed by atoms with Gasteiger partial charge in [-0.3, -0.25) is 0 Å². The molecule has 4 heteroatoms. The topological polar surface area (TPSA) is 9.23 Å². The maximum Gasteiger partial charge on any atom is 0.0960 e. The molecule has 1 fully saturated rings. The molecule has 1 aliphatic heterocycles. The van der Waals surface area contributed by atoms with Crippen LogP contribution in [0.5, 0.6) is 0 Å². The molecule has 1 saturated heterocycles. The summed E-state index contributed by atoms with van der Waals surface area (Å²) in [7, 11) is 0. The Kier molecular flexibility index (Phi) is 4.33. The van der Waals surface area contributed by atoms with Crippen LogP contribution in [0.15, 0.2) is 6.07 Å². The first kappa shape index (κ1) is 12.9. The first-order valence-corrected chi connectivity index (χ1v) is 7.76. The first-order valence-electron chi connectivity index (χ1n) is 5.65. The molecule has 0 amide bonds. The van der Waals surface area contributed by atoms with E-state index in [1.807, 2.05) is 0 Å². The molecule has 0 spiro atoms. The molecule has 0 aromatic carbocycles. The van der Waals surface area contributed by atoms with Gasteiger partial charge in [-0.1, -0.05) is 34.5 Å². The van der Waals surface area contributed by atoms with E-state index in [1.165, 1.54) is 10.4 Å². The molecular weight excluding hydrogens is 308 g/mol. The number of ether oxygens (including phenoxy) is 1. The van der Waals surface area contributed by atoms with Crippen LogP contribution in [0.2, 0.25) is 4.34 Å². The second-order valence-corrected chi connectivity index (χ2v) is 6.95. The molecule has 1 aromatic rings. The van der Waals surface area contributed by atoms with Crippen molar-refractivity contribution in [3.63, 3.8) is 0 Å². The van der Waals surface area contributed by atoms with Crippen molar-refractivity contribution < 1.29 is 4.74 Å². The number of aryl methyl sites for hydroxylation is 1. The smallest absolute Gasteiger partial charge is 0.0960 e. The van der Waals surface area contributed by atoms with Crippen molar-refractivity contribution in [2.75, 3.05) is 6.61 Å². The molecule has 3 unspecified atom stereocenters. The molecule has 1 aromatic heterocycles. The van der Waals surface area contributed by atoms with E-state index >= 15 is 0 Å². The lowest BCUT2D eigenvalue weighted by Gasteiger charge is -2.21. The summed E-state index contributed by atoms with van der Waals surface area (Å²) in [5.41, 5.74) is 1.18. The second kappa shape index (κ2) is 5.38. The third-order valence-corrected chi connectivity index (χ3v) is 6.30. The highest BCUT2D eigenvalue weighted by molar-refractivity contribution is 9.09. The van der Waals surface area contributed by atoms with E-state index < -0.39 is 0 Å². The van der Waals surface area contributed by atoms with Gasteiger partial charge in [-0.2, -0.15) is 0 Å². The van der Waals surface area contributed by atoms with Crippen molar-refractivity contribution in [3.8, 4) is 0 Å². The fraction of sp³-hybridized carbons (Fsp3) is 0.667. The molecule has 16 heavy (non-hydrogen) atoms. The highest BCUT2D eigenvalue weighted by Gasteiger charge is 2.33.